The number of carbonyl (C=O) groups excluding carboxylic acids is 1. The molecule has 30 heavy (non-hydrogen) atoms. The average Bonchev–Trinajstić information content (AvgIpc) is 3.25. The number of H-pyrrole nitrogens is 1. The van der Waals surface area contributed by atoms with E-state index in [-0.39, 0.29) is 0 Å². The number of piperidine rings is 1. The van der Waals surface area contributed by atoms with Gasteiger partial charge in [0.1, 0.15) is 0 Å². The van der Waals surface area contributed by atoms with Gasteiger partial charge in [-0.2, -0.15) is 5.10 Å². The van der Waals surface area contributed by atoms with Gasteiger partial charge in [0.15, 0.2) is 17.7 Å². The number of amides is 1. The lowest BCUT2D eigenvalue weighted by atomic mass is 10.1. The molecule has 1 unspecified atom stereocenters. The molecule has 2 aromatic rings. The molecule has 0 aliphatic carbocycles. The van der Waals surface area contributed by atoms with E-state index in [1.165, 1.54) is 0 Å². The van der Waals surface area contributed by atoms with E-state index < -0.39 is 12.3 Å². The van der Waals surface area contributed by atoms with Crippen LogP contribution in [0.4, 0.5) is 10.5 Å². The number of hydrogen-bond acceptors (Lipinski definition) is 6. The van der Waals surface area contributed by atoms with Crippen molar-refractivity contribution in [2.75, 3.05) is 25.6 Å². The van der Waals surface area contributed by atoms with E-state index in [0.29, 0.717) is 29.7 Å². The molecular formula is C22H30N4O4. The van der Waals surface area contributed by atoms with Gasteiger partial charge < -0.3 is 19.2 Å². The Labute approximate surface area is 177 Å². The van der Waals surface area contributed by atoms with Gasteiger partial charge in [-0.15, -0.1) is 0 Å². The molecule has 1 atom stereocenters. The van der Waals surface area contributed by atoms with Gasteiger partial charge in [0, 0.05) is 30.9 Å². The van der Waals surface area contributed by atoms with Crippen LogP contribution < -0.4 is 14.8 Å². The van der Waals surface area contributed by atoms with Crippen LogP contribution in [-0.4, -0.2) is 48.8 Å². The second-order valence-corrected chi connectivity index (χ2v) is 7.58. The van der Waals surface area contributed by atoms with Crippen LogP contribution >= 0.6 is 0 Å². The lowest BCUT2D eigenvalue weighted by Gasteiger charge is -2.32. The van der Waals surface area contributed by atoms with Crippen LogP contribution in [0.1, 0.15) is 38.8 Å². The fourth-order valence-electron chi connectivity index (χ4n) is 3.09. The smallest absolute Gasteiger partial charge is 0.413 e. The Balaban J connectivity index is 1.61. The lowest BCUT2D eigenvalue weighted by Crippen LogP contribution is -2.40. The van der Waals surface area contributed by atoms with Crippen molar-refractivity contribution in [1.82, 2.24) is 9.99 Å². The van der Waals surface area contributed by atoms with E-state index in [0.717, 1.165) is 31.5 Å². The van der Waals surface area contributed by atoms with E-state index in [4.69, 9.17) is 14.2 Å². The number of aromatic nitrogens is 1. The van der Waals surface area contributed by atoms with E-state index in [1.807, 2.05) is 23.3 Å². The summed E-state index contributed by atoms with van der Waals surface area (Å²) >= 11 is 0. The van der Waals surface area contributed by atoms with E-state index >= 15 is 0 Å². The number of methoxy groups -OCH3 is 1. The molecule has 1 aromatic carbocycles. The Morgan fingerprint density at radius 1 is 1.33 bits per heavy atom. The minimum atomic E-state index is -0.526. The molecule has 1 saturated heterocycles. The molecule has 1 aliphatic rings. The zero-order chi connectivity index (χ0) is 21.3. The summed E-state index contributed by atoms with van der Waals surface area (Å²) in [6.45, 7) is 5.44. The third kappa shape index (κ3) is 6.17. The summed E-state index contributed by atoms with van der Waals surface area (Å²) in [6.07, 6.45) is 5.39. The molecule has 2 heterocycles. The maximum absolute atomic E-state index is 12.5. The molecular weight excluding hydrogens is 384 g/mol. The van der Waals surface area contributed by atoms with Crippen LogP contribution in [0.15, 0.2) is 41.6 Å². The minimum Gasteiger partial charge on any atom is -0.493 e. The third-order valence-electron chi connectivity index (χ3n) is 4.61. The van der Waals surface area contributed by atoms with Crippen LogP contribution in [0.25, 0.3) is 0 Å². The quantitative estimate of drug-likeness (QED) is 0.623. The Kier molecular flexibility index (Phi) is 7.59. The van der Waals surface area contributed by atoms with E-state index in [2.05, 4.69) is 29.2 Å². The predicted molar refractivity (Wildman–Crippen MR) is 116 cm³/mol. The first-order chi connectivity index (χ1) is 14.5. The van der Waals surface area contributed by atoms with Crippen LogP contribution in [-0.2, 0) is 4.74 Å². The van der Waals surface area contributed by atoms with Gasteiger partial charge in [0.25, 0.3) is 0 Å². The summed E-state index contributed by atoms with van der Waals surface area (Å²) in [5.74, 6) is 1.57. The summed E-state index contributed by atoms with van der Waals surface area (Å²) in [7, 11) is 1.59. The van der Waals surface area contributed by atoms with Gasteiger partial charge in [-0.3, -0.25) is 10.3 Å². The molecule has 0 radical (unpaired) electrons. The zero-order valence-electron chi connectivity index (χ0n) is 17.8. The molecule has 0 bridgehead atoms. The summed E-state index contributed by atoms with van der Waals surface area (Å²) in [5.41, 5.74) is 1.48. The number of rotatable bonds is 8. The molecule has 8 nitrogen and oxygen atoms in total. The first-order valence-electron chi connectivity index (χ1n) is 10.3. The number of nitrogens with zero attached hydrogens (tertiary/aromatic N) is 2. The minimum absolute atomic E-state index is 0.375. The SMILES string of the molecule is COc1ccc(NC(=O)OC2CCCCN2N=Cc2ccc[nH]2)cc1OCC(C)C. The summed E-state index contributed by atoms with van der Waals surface area (Å²) in [6, 6.07) is 9.10. The van der Waals surface area contributed by atoms with E-state index in [1.54, 1.807) is 31.5 Å². The van der Waals surface area contributed by atoms with Gasteiger partial charge in [0.2, 0.25) is 0 Å². The number of anilines is 1. The molecule has 1 aliphatic heterocycles. The largest absolute Gasteiger partial charge is 0.493 e. The summed E-state index contributed by atoms with van der Waals surface area (Å²) in [4.78, 5) is 15.6. The topological polar surface area (TPSA) is 88.2 Å². The normalized spacial score (nSPS) is 16.7. The zero-order valence-corrected chi connectivity index (χ0v) is 17.8. The van der Waals surface area contributed by atoms with Crippen molar-refractivity contribution in [2.45, 2.75) is 39.3 Å². The van der Waals surface area contributed by atoms with Crippen molar-refractivity contribution in [2.24, 2.45) is 11.0 Å². The highest BCUT2D eigenvalue weighted by Crippen LogP contribution is 2.31. The van der Waals surface area contributed by atoms with Crippen molar-refractivity contribution in [3.8, 4) is 11.5 Å². The highest BCUT2D eigenvalue weighted by atomic mass is 16.6. The van der Waals surface area contributed by atoms with Crippen molar-refractivity contribution in [1.29, 1.82) is 0 Å². The van der Waals surface area contributed by atoms with Crippen molar-refractivity contribution in [3.63, 3.8) is 0 Å². The molecule has 1 aromatic heterocycles. The van der Waals surface area contributed by atoms with E-state index in [9.17, 15) is 4.79 Å². The van der Waals surface area contributed by atoms with Gasteiger partial charge in [0.05, 0.1) is 25.6 Å². The van der Waals surface area contributed by atoms with Crippen LogP contribution in [0, 0.1) is 5.92 Å². The predicted octanol–water partition coefficient (Wildman–Crippen LogP) is 4.45. The number of nitrogens with one attached hydrogen (secondary N) is 2. The third-order valence-corrected chi connectivity index (χ3v) is 4.61. The number of ether oxygens (including phenoxy) is 3. The van der Waals surface area contributed by atoms with Crippen molar-refractivity contribution < 1.29 is 19.0 Å². The van der Waals surface area contributed by atoms with Gasteiger partial charge in [-0.05, 0) is 43.0 Å². The van der Waals surface area contributed by atoms with Crippen LogP contribution in [0.2, 0.25) is 0 Å². The van der Waals surface area contributed by atoms with Crippen LogP contribution in [0.5, 0.6) is 11.5 Å². The maximum Gasteiger partial charge on any atom is 0.413 e. The summed E-state index contributed by atoms with van der Waals surface area (Å²) in [5, 5.41) is 9.07. The Morgan fingerprint density at radius 3 is 2.93 bits per heavy atom. The fourth-order valence-corrected chi connectivity index (χ4v) is 3.09. The highest BCUT2D eigenvalue weighted by Gasteiger charge is 2.25. The second-order valence-electron chi connectivity index (χ2n) is 7.58. The molecule has 0 saturated carbocycles. The van der Waals surface area contributed by atoms with Gasteiger partial charge in [-0.25, -0.2) is 4.79 Å². The van der Waals surface area contributed by atoms with Crippen molar-refractivity contribution in [3.05, 3.63) is 42.2 Å². The second kappa shape index (κ2) is 10.6. The number of hydrazone groups is 1. The first-order valence-corrected chi connectivity index (χ1v) is 10.3. The molecule has 1 amide bonds. The molecule has 0 spiro atoms. The average molecular weight is 415 g/mol. The van der Waals surface area contributed by atoms with Gasteiger partial charge in [-0.1, -0.05) is 13.8 Å². The van der Waals surface area contributed by atoms with Crippen LogP contribution in [0.3, 0.4) is 0 Å². The van der Waals surface area contributed by atoms with Gasteiger partial charge >= 0.3 is 6.09 Å². The Hall–Kier alpha value is -3.16. The molecule has 162 valence electrons. The number of hydrogen-bond donors (Lipinski definition) is 2. The maximum atomic E-state index is 12.5. The fraction of sp³-hybridized carbons (Fsp3) is 0.455. The monoisotopic (exact) mass is 414 g/mol. The number of aromatic amines is 1. The number of carbonyl (C=O) groups is 1. The standard InChI is InChI=1S/C22H30N4O4/c1-16(2)15-29-20-13-17(9-10-19(20)28-3)25-22(27)30-21-8-4-5-12-26(21)24-14-18-7-6-11-23-18/h6-7,9-11,13-14,16,21,23H,4-5,8,12,15H2,1-3H3,(H,25,27). The highest BCUT2D eigenvalue weighted by molar-refractivity contribution is 5.85. The Bertz CT molecular complexity index is 836. The summed E-state index contributed by atoms with van der Waals surface area (Å²) < 4.78 is 16.8. The molecule has 2 N–H and O–H groups in total. The number of benzene rings is 1. The molecule has 8 heteroatoms. The lowest BCUT2D eigenvalue weighted by molar-refractivity contribution is -0.0297. The van der Waals surface area contributed by atoms with Crippen molar-refractivity contribution >= 4 is 18.0 Å². The first kappa shape index (κ1) is 21.5. The Morgan fingerprint density at radius 2 is 2.20 bits per heavy atom. The molecule has 1 fully saturated rings. The molecule has 3 rings (SSSR count).